The van der Waals surface area contributed by atoms with Gasteiger partial charge in [-0.3, -0.25) is 4.79 Å². The standard InChI is InChI=1S/C16H18N2OS2/c1-12-6-13(2)8-14(7-12)10-20-11-16(19)18-17-9-15-4-3-5-21-15/h3-9H,10-11H2,1-2H3,(H,18,19)/b17-9-. The van der Waals surface area contributed by atoms with Crippen LogP contribution in [0.2, 0.25) is 0 Å². The molecule has 5 heteroatoms. The molecular weight excluding hydrogens is 300 g/mol. The molecule has 0 atom stereocenters. The van der Waals surface area contributed by atoms with Crippen molar-refractivity contribution in [3.05, 3.63) is 57.3 Å². The number of hydrazone groups is 1. The van der Waals surface area contributed by atoms with Crippen molar-refractivity contribution in [1.29, 1.82) is 0 Å². The Hall–Kier alpha value is -1.59. The maximum atomic E-state index is 11.7. The van der Waals surface area contributed by atoms with E-state index in [9.17, 15) is 4.79 Å². The molecule has 0 fully saturated rings. The third-order valence-electron chi connectivity index (χ3n) is 2.71. The van der Waals surface area contributed by atoms with Crippen LogP contribution in [0.1, 0.15) is 21.6 Å². The van der Waals surface area contributed by atoms with Crippen LogP contribution in [-0.4, -0.2) is 17.9 Å². The zero-order valence-electron chi connectivity index (χ0n) is 12.1. The van der Waals surface area contributed by atoms with Gasteiger partial charge < -0.3 is 0 Å². The molecule has 110 valence electrons. The highest BCUT2D eigenvalue weighted by Crippen LogP contribution is 2.15. The molecule has 1 amide bonds. The van der Waals surface area contributed by atoms with Crippen LogP contribution >= 0.6 is 23.1 Å². The fraction of sp³-hybridized carbons (Fsp3) is 0.250. The fourth-order valence-electron chi connectivity index (χ4n) is 1.98. The summed E-state index contributed by atoms with van der Waals surface area (Å²) < 4.78 is 0. The van der Waals surface area contributed by atoms with E-state index in [0.717, 1.165) is 10.6 Å². The molecule has 0 saturated heterocycles. The van der Waals surface area contributed by atoms with Crippen molar-refractivity contribution in [3.8, 4) is 0 Å². The molecule has 3 nitrogen and oxygen atoms in total. The predicted octanol–water partition coefficient (Wildman–Crippen LogP) is 3.75. The molecule has 0 aliphatic heterocycles. The number of thioether (sulfide) groups is 1. The second-order valence-electron chi connectivity index (χ2n) is 4.80. The molecule has 1 N–H and O–H groups in total. The molecule has 0 unspecified atom stereocenters. The van der Waals surface area contributed by atoms with Crippen molar-refractivity contribution in [2.24, 2.45) is 5.10 Å². The van der Waals surface area contributed by atoms with E-state index in [0.29, 0.717) is 5.75 Å². The van der Waals surface area contributed by atoms with Gasteiger partial charge in [0.05, 0.1) is 12.0 Å². The largest absolute Gasteiger partial charge is 0.272 e. The van der Waals surface area contributed by atoms with E-state index in [-0.39, 0.29) is 5.91 Å². The number of hydrogen-bond acceptors (Lipinski definition) is 4. The molecule has 2 aromatic rings. The van der Waals surface area contributed by atoms with Gasteiger partial charge in [-0.1, -0.05) is 35.4 Å². The van der Waals surface area contributed by atoms with Gasteiger partial charge in [0, 0.05) is 10.6 Å². The Balaban J connectivity index is 1.71. The summed E-state index contributed by atoms with van der Waals surface area (Å²) in [5, 5.41) is 5.92. The molecule has 0 aliphatic rings. The van der Waals surface area contributed by atoms with Gasteiger partial charge in [0.15, 0.2) is 0 Å². The number of thiophene rings is 1. The second kappa shape index (κ2) is 8.00. The van der Waals surface area contributed by atoms with Crippen LogP contribution in [0.5, 0.6) is 0 Å². The lowest BCUT2D eigenvalue weighted by molar-refractivity contribution is -0.118. The molecule has 1 aromatic carbocycles. The molecule has 1 heterocycles. The molecule has 1 aromatic heterocycles. The number of nitrogens with one attached hydrogen (secondary N) is 1. The smallest absolute Gasteiger partial charge is 0.250 e. The van der Waals surface area contributed by atoms with E-state index in [1.54, 1.807) is 29.3 Å². The molecule has 21 heavy (non-hydrogen) atoms. The lowest BCUT2D eigenvalue weighted by Crippen LogP contribution is -2.19. The molecule has 0 bridgehead atoms. The minimum atomic E-state index is -0.0721. The number of amides is 1. The quantitative estimate of drug-likeness (QED) is 0.651. The van der Waals surface area contributed by atoms with Gasteiger partial charge in [-0.15, -0.1) is 23.1 Å². The Labute approximate surface area is 133 Å². The van der Waals surface area contributed by atoms with Crippen LogP contribution in [0.4, 0.5) is 0 Å². The van der Waals surface area contributed by atoms with Gasteiger partial charge in [-0.05, 0) is 30.9 Å². The minimum absolute atomic E-state index is 0.0721. The van der Waals surface area contributed by atoms with E-state index >= 15 is 0 Å². The van der Waals surface area contributed by atoms with Crippen LogP contribution in [0, 0.1) is 13.8 Å². The van der Waals surface area contributed by atoms with E-state index < -0.39 is 0 Å². The lowest BCUT2D eigenvalue weighted by Gasteiger charge is -2.04. The highest BCUT2D eigenvalue weighted by Gasteiger charge is 2.01. The van der Waals surface area contributed by atoms with Gasteiger partial charge in [-0.2, -0.15) is 5.10 Å². The summed E-state index contributed by atoms with van der Waals surface area (Å²) in [5.41, 5.74) is 6.32. The number of carbonyl (C=O) groups excluding carboxylic acids is 1. The van der Waals surface area contributed by atoms with Crippen LogP contribution < -0.4 is 5.43 Å². The monoisotopic (exact) mass is 318 g/mol. The predicted molar refractivity (Wildman–Crippen MR) is 92.1 cm³/mol. The first-order chi connectivity index (χ1) is 10.1. The maximum Gasteiger partial charge on any atom is 0.250 e. The minimum Gasteiger partial charge on any atom is -0.272 e. The van der Waals surface area contributed by atoms with E-state index in [1.807, 2.05) is 17.5 Å². The summed E-state index contributed by atoms with van der Waals surface area (Å²) in [6.45, 7) is 4.18. The van der Waals surface area contributed by atoms with Crippen molar-refractivity contribution in [2.75, 3.05) is 5.75 Å². The Morgan fingerprint density at radius 1 is 1.33 bits per heavy atom. The van der Waals surface area contributed by atoms with Crippen LogP contribution in [0.3, 0.4) is 0 Å². The van der Waals surface area contributed by atoms with E-state index in [2.05, 4.69) is 42.6 Å². The molecule has 2 rings (SSSR count). The summed E-state index contributed by atoms with van der Waals surface area (Å²) in [6, 6.07) is 10.4. The summed E-state index contributed by atoms with van der Waals surface area (Å²) in [6.07, 6.45) is 1.66. The number of carbonyl (C=O) groups is 1. The molecular formula is C16H18N2OS2. The van der Waals surface area contributed by atoms with Crippen molar-refractivity contribution in [3.63, 3.8) is 0 Å². The first kappa shape index (κ1) is 15.8. The number of rotatable bonds is 6. The fourth-order valence-corrected chi connectivity index (χ4v) is 3.32. The normalized spacial score (nSPS) is 11.0. The maximum absolute atomic E-state index is 11.7. The van der Waals surface area contributed by atoms with Crippen molar-refractivity contribution < 1.29 is 4.79 Å². The molecule has 0 spiro atoms. The molecule has 0 radical (unpaired) electrons. The van der Waals surface area contributed by atoms with Crippen molar-refractivity contribution in [1.82, 2.24) is 5.43 Å². The summed E-state index contributed by atoms with van der Waals surface area (Å²) in [4.78, 5) is 12.7. The first-order valence-electron chi connectivity index (χ1n) is 6.64. The topological polar surface area (TPSA) is 41.5 Å². The van der Waals surface area contributed by atoms with Gasteiger partial charge in [0.1, 0.15) is 0 Å². The Morgan fingerprint density at radius 2 is 2.10 bits per heavy atom. The van der Waals surface area contributed by atoms with Crippen LogP contribution in [0.25, 0.3) is 0 Å². The zero-order chi connectivity index (χ0) is 15.1. The Kier molecular flexibility index (Phi) is 6.02. The van der Waals surface area contributed by atoms with Crippen molar-refractivity contribution in [2.45, 2.75) is 19.6 Å². The van der Waals surface area contributed by atoms with Gasteiger partial charge in [0.25, 0.3) is 0 Å². The number of nitrogens with zero attached hydrogens (tertiary/aromatic N) is 1. The number of benzene rings is 1. The average molecular weight is 318 g/mol. The second-order valence-corrected chi connectivity index (χ2v) is 6.76. The SMILES string of the molecule is Cc1cc(C)cc(CSCC(=O)N/N=C\c2cccs2)c1. The third-order valence-corrected chi connectivity index (χ3v) is 4.52. The summed E-state index contributed by atoms with van der Waals surface area (Å²) >= 11 is 3.18. The number of hydrogen-bond donors (Lipinski definition) is 1. The summed E-state index contributed by atoms with van der Waals surface area (Å²) in [5.74, 6) is 1.18. The van der Waals surface area contributed by atoms with Gasteiger partial charge in [0.2, 0.25) is 5.91 Å². The highest BCUT2D eigenvalue weighted by molar-refractivity contribution is 7.99. The van der Waals surface area contributed by atoms with Crippen LogP contribution in [0.15, 0.2) is 40.8 Å². The number of aryl methyl sites for hydroxylation is 2. The molecule has 0 aliphatic carbocycles. The van der Waals surface area contributed by atoms with Gasteiger partial charge in [-0.25, -0.2) is 5.43 Å². The highest BCUT2D eigenvalue weighted by atomic mass is 32.2. The van der Waals surface area contributed by atoms with Gasteiger partial charge >= 0.3 is 0 Å². The Morgan fingerprint density at radius 3 is 2.76 bits per heavy atom. The van der Waals surface area contributed by atoms with E-state index in [1.165, 1.54) is 16.7 Å². The van der Waals surface area contributed by atoms with Crippen LogP contribution in [-0.2, 0) is 10.5 Å². The Bertz CT molecular complexity index is 601. The summed E-state index contributed by atoms with van der Waals surface area (Å²) in [7, 11) is 0. The van der Waals surface area contributed by atoms with Crippen molar-refractivity contribution >= 4 is 35.2 Å². The first-order valence-corrected chi connectivity index (χ1v) is 8.67. The molecule has 0 saturated carbocycles. The average Bonchev–Trinajstić information content (AvgIpc) is 2.91. The van der Waals surface area contributed by atoms with E-state index in [4.69, 9.17) is 0 Å². The lowest BCUT2D eigenvalue weighted by atomic mass is 10.1. The third kappa shape index (κ3) is 5.73. The zero-order valence-corrected chi connectivity index (χ0v) is 13.8.